The van der Waals surface area contributed by atoms with E-state index >= 15 is 0 Å². The van der Waals surface area contributed by atoms with Gasteiger partial charge in [-0.15, -0.1) is 0 Å². The molecule has 1 aliphatic carbocycles. The van der Waals surface area contributed by atoms with Crippen LogP contribution in [0.3, 0.4) is 0 Å². The molecule has 2 aliphatic rings. The third-order valence-electron chi connectivity index (χ3n) is 5.39. The Morgan fingerprint density at radius 1 is 1.42 bits per heavy atom. The third-order valence-corrected chi connectivity index (χ3v) is 5.39. The van der Waals surface area contributed by atoms with E-state index in [9.17, 15) is 14.9 Å². The van der Waals surface area contributed by atoms with E-state index in [0.29, 0.717) is 0 Å². The van der Waals surface area contributed by atoms with Crippen molar-refractivity contribution < 1.29 is 14.5 Å². The number of morpholine rings is 1. The Labute approximate surface area is 140 Å². The van der Waals surface area contributed by atoms with Gasteiger partial charge in [-0.1, -0.05) is 12.8 Å². The number of hydrogen-bond acceptors (Lipinski definition) is 5. The van der Waals surface area contributed by atoms with Gasteiger partial charge in [-0.2, -0.15) is 0 Å². The summed E-state index contributed by atoms with van der Waals surface area (Å²) in [6.45, 7) is 5.26. The second kappa shape index (κ2) is 6.90. The zero-order chi connectivity index (χ0) is 17.2. The lowest BCUT2D eigenvalue weighted by molar-refractivity contribution is -0.384. The Bertz CT molecular complexity index is 603. The highest BCUT2D eigenvalue weighted by molar-refractivity contribution is 5.93. The average Bonchev–Trinajstić information content (AvgIpc) is 3.26. The van der Waals surface area contributed by atoms with Crippen LogP contribution in [0, 0.1) is 10.1 Å². The molecule has 1 saturated heterocycles. The lowest BCUT2D eigenvalue weighted by atomic mass is 9.86. The minimum atomic E-state index is -0.511. The highest BCUT2D eigenvalue weighted by Crippen LogP contribution is 2.38. The molecule has 1 atom stereocenters. The SMILES string of the molecule is CC(NC(=O)c1cc([N+](=O)[O-])c[nH]1)C1(N2CCOCC2)CCCC1. The largest absolute Gasteiger partial charge is 0.379 e. The van der Waals surface area contributed by atoms with Crippen LogP contribution in [0.4, 0.5) is 5.69 Å². The van der Waals surface area contributed by atoms with Crippen molar-refractivity contribution in [3.8, 4) is 0 Å². The van der Waals surface area contributed by atoms with Crippen molar-refractivity contribution in [1.82, 2.24) is 15.2 Å². The van der Waals surface area contributed by atoms with E-state index in [0.717, 1.165) is 52.0 Å². The van der Waals surface area contributed by atoms with Gasteiger partial charge in [-0.25, -0.2) is 0 Å². The predicted molar refractivity (Wildman–Crippen MR) is 88.0 cm³/mol. The molecule has 3 rings (SSSR count). The maximum absolute atomic E-state index is 12.5. The Morgan fingerprint density at radius 2 is 2.08 bits per heavy atom. The highest BCUT2D eigenvalue weighted by atomic mass is 16.6. The number of amides is 1. The van der Waals surface area contributed by atoms with E-state index in [1.54, 1.807) is 0 Å². The molecule has 2 heterocycles. The van der Waals surface area contributed by atoms with Crippen molar-refractivity contribution in [1.29, 1.82) is 0 Å². The van der Waals surface area contributed by atoms with Crippen molar-refractivity contribution in [2.24, 2.45) is 0 Å². The summed E-state index contributed by atoms with van der Waals surface area (Å²) in [5.41, 5.74) is 0.0815. The maximum Gasteiger partial charge on any atom is 0.287 e. The summed E-state index contributed by atoms with van der Waals surface area (Å²) in [6, 6.07) is 1.24. The number of H-pyrrole nitrogens is 1. The van der Waals surface area contributed by atoms with Gasteiger partial charge in [0, 0.05) is 30.7 Å². The van der Waals surface area contributed by atoms with Gasteiger partial charge in [0.05, 0.1) is 24.3 Å². The number of carbonyl (C=O) groups is 1. The van der Waals surface area contributed by atoms with Crippen molar-refractivity contribution in [3.05, 3.63) is 28.1 Å². The molecule has 8 heteroatoms. The second-order valence-corrected chi connectivity index (χ2v) is 6.63. The smallest absolute Gasteiger partial charge is 0.287 e. The van der Waals surface area contributed by atoms with Gasteiger partial charge in [-0.05, 0) is 19.8 Å². The summed E-state index contributed by atoms with van der Waals surface area (Å²) in [7, 11) is 0. The summed E-state index contributed by atoms with van der Waals surface area (Å²) in [5, 5.41) is 13.8. The Kier molecular flexibility index (Phi) is 4.86. The molecule has 1 saturated carbocycles. The number of carbonyl (C=O) groups excluding carboxylic acids is 1. The molecule has 0 radical (unpaired) electrons. The molecular formula is C16H24N4O4. The molecule has 24 heavy (non-hydrogen) atoms. The topological polar surface area (TPSA) is 100 Å². The summed E-state index contributed by atoms with van der Waals surface area (Å²) in [6.07, 6.45) is 5.67. The molecular weight excluding hydrogens is 312 g/mol. The summed E-state index contributed by atoms with van der Waals surface area (Å²) in [4.78, 5) is 27.9. The van der Waals surface area contributed by atoms with Crippen LogP contribution in [0.2, 0.25) is 0 Å². The molecule has 1 amide bonds. The number of aromatic nitrogens is 1. The molecule has 2 N–H and O–H groups in total. The number of ether oxygens (including phenoxy) is 1. The first kappa shape index (κ1) is 16.9. The third kappa shape index (κ3) is 3.16. The van der Waals surface area contributed by atoms with E-state index in [2.05, 4.69) is 15.2 Å². The van der Waals surface area contributed by atoms with Crippen LogP contribution in [0.5, 0.6) is 0 Å². The van der Waals surface area contributed by atoms with Crippen LogP contribution in [0.25, 0.3) is 0 Å². The molecule has 2 fully saturated rings. The van der Waals surface area contributed by atoms with E-state index < -0.39 is 4.92 Å². The summed E-state index contributed by atoms with van der Waals surface area (Å²) < 4.78 is 5.46. The van der Waals surface area contributed by atoms with E-state index in [1.807, 2.05) is 6.92 Å². The van der Waals surface area contributed by atoms with E-state index in [4.69, 9.17) is 4.74 Å². The van der Waals surface area contributed by atoms with Crippen LogP contribution in [0.15, 0.2) is 12.3 Å². The summed E-state index contributed by atoms with van der Waals surface area (Å²) >= 11 is 0. The minimum absolute atomic E-state index is 0.0343. The van der Waals surface area contributed by atoms with Gasteiger partial charge in [0.25, 0.3) is 11.6 Å². The minimum Gasteiger partial charge on any atom is -0.379 e. The van der Waals surface area contributed by atoms with Crippen LogP contribution in [-0.2, 0) is 4.74 Å². The zero-order valence-electron chi connectivity index (χ0n) is 13.9. The molecule has 0 bridgehead atoms. The van der Waals surface area contributed by atoms with Crippen LogP contribution >= 0.6 is 0 Å². The molecule has 0 spiro atoms. The van der Waals surface area contributed by atoms with Gasteiger partial charge in [0.15, 0.2) is 0 Å². The van der Waals surface area contributed by atoms with Gasteiger partial charge in [0.2, 0.25) is 0 Å². The Hall–Kier alpha value is -1.93. The zero-order valence-corrected chi connectivity index (χ0v) is 13.9. The average molecular weight is 336 g/mol. The fourth-order valence-corrected chi connectivity index (χ4v) is 4.05. The van der Waals surface area contributed by atoms with Crippen molar-refractivity contribution in [2.75, 3.05) is 26.3 Å². The fraction of sp³-hybridized carbons (Fsp3) is 0.688. The number of hydrogen-bond donors (Lipinski definition) is 2. The van der Waals surface area contributed by atoms with E-state index in [1.165, 1.54) is 12.3 Å². The van der Waals surface area contributed by atoms with E-state index in [-0.39, 0.29) is 28.9 Å². The molecule has 1 aromatic rings. The normalized spacial score (nSPS) is 22.2. The quantitative estimate of drug-likeness (QED) is 0.629. The van der Waals surface area contributed by atoms with Crippen LogP contribution in [0.1, 0.15) is 43.1 Å². The summed E-state index contributed by atoms with van der Waals surface area (Å²) in [5.74, 6) is -0.296. The maximum atomic E-state index is 12.5. The number of aromatic amines is 1. The van der Waals surface area contributed by atoms with Crippen LogP contribution < -0.4 is 5.32 Å². The molecule has 1 aliphatic heterocycles. The van der Waals surface area contributed by atoms with Crippen molar-refractivity contribution >= 4 is 11.6 Å². The Balaban J connectivity index is 1.71. The van der Waals surface area contributed by atoms with Gasteiger partial charge < -0.3 is 15.0 Å². The number of rotatable bonds is 5. The first-order valence-electron chi connectivity index (χ1n) is 8.49. The van der Waals surface area contributed by atoms with Gasteiger partial charge in [0.1, 0.15) is 5.69 Å². The molecule has 1 aromatic heterocycles. The number of nitrogens with zero attached hydrogens (tertiary/aromatic N) is 2. The van der Waals surface area contributed by atoms with Crippen molar-refractivity contribution in [3.63, 3.8) is 0 Å². The van der Waals surface area contributed by atoms with Crippen LogP contribution in [-0.4, -0.2) is 58.6 Å². The number of nitrogens with one attached hydrogen (secondary N) is 2. The fourth-order valence-electron chi connectivity index (χ4n) is 4.05. The monoisotopic (exact) mass is 336 g/mol. The highest BCUT2D eigenvalue weighted by Gasteiger charge is 2.45. The van der Waals surface area contributed by atoms with Crippen molar-refractivity contribution in [2.45, 2.75) is 44.2 Å². The lowest BCUT2D eigenvalue weighted by Gasteiger charge is -2.47. The standard InChI is InChI=1S/C16H24N4O4/c1-12(18-15(21)14-10-13(11-17-14)20(22)23)16(4-2-3-5-16)19-6-8-24-9-7-19/h10-12,17H,2-9H2,1H3,(H,18,21). The second-order valence-electron chi connectivity index (χ2n) is 6.63. The predicted octanol–water partition coefficient (Wildman–Crippen LogP) is 1.69. The first-order chi connectivity index (χ1) is 11.5. The van der Waals surface area contributed by atoms with Gasteiger partial charge >= 0.3 is 0 Å². The molecule has 1 unspecified atom stereocenters. The lowest BCUT2D eigenvalue weighted by Crippen LogP contribution is -2.62. The Morgan fingerprint density at radius 3 is 2.67 bits per heavy atom. The molecule has 8 nitrogen and oxygen atoms in total. The molecule has 0 aromatic carbocycles. The van der Waals surface area contributed by atoms with Gasteiger partial charge in [-0.3, -0.25) is 19.8 Å². The first-order valence-corrected chi connectivity index (χ1v) is 8.49. The number of nitro groups is 1. The molecule has 132 valence electrons.